The molecule has 2 bridgehead atoms. The van der Waals surface area contributed by atoms with Crippen LogP contribution in [-0.4, -0.2) is 50.4 Å². The normalized spacial score (nSPS) is 19.8. The molecule has 0 radical (unpaired) electrons. The van der Waals surface area contributed by atoms with E-state index >= 15 is 0 Å². The molecule has 1 atom stereocenters. The number of hydrogen-bond acceptors (Lipinski definition) is 7. The summed E-state index contributed by atoms with van der Waals surface area (Å²) in [4.78, 5) is 11.4. The standard InChI is InChI=1S/C25H28FN7O/c1-15-4-6-19-24(28)29-12-20(30-19)23-18(31-33(3)21(23)11-27)8-9-25(13-32(2)14-25)34-22-7-5-16(26)10-17(15)22/h5,7,10,12,15H,4,6,8-9,13-14H2,1-3H3,(H2,28,29)/t15-/m0/s1. The van der Waals surface area contributed by atoms with Gasteiger partial charge in [0, 0.05) is 20.1 Å². The number of ether oxygens (including phenoxy) is 1. The summed E-state index contributed by atoms with van der Waals surface area (Å²) in [6.45, 7) is 3.59. The molecule has 0 aliphatic carbocycles. The van der Waals surface area contributed by atoms with Crippen LogP contribution in [0, 0.1) is 17.1 Å². The van der Waals surface area contributed by atoms with Crippen molar-refractivity contribution in [3.8, 4) is 23.1 Å². The number of nitriles is 1. The van der Waals surface area contributed by atoms with Gasteiger partial charge in [0.15, 0.2) is 0 Å². The van der Waals surface area contributed by atoms with Gasteiger partial charge in [-0.15, -0.1) is 0 Å². The Bertz CT molecular complexity index is 1290. The quantitative estimate of drug-likeness (QED) is 0.548. The van der Waals surface area contributed by atoms with Gasteiger partial charge in [-0.3, -0.25) is 9.58 Å². The van der Waals surface area contributed by atoms with Gasteiger partial charge in [-0.25, -0.2) is 14.4 Å². The van der Waals surface area contributed by atoms with Crippen molar-refractivity contribution >= 4 is 5.82 Å². The number of aromatic nitrogens is 4. The smallest absolute Gasteiger partial charge is 0.147 e. The number of aryl methyl sites for hydroxylation is 3. The van der Waals surface area contributed by atoms with Gasteiger partial charge in [-0.1, -0.05) is 6.92 Å². The highest BCUT2D eigenvalue weighted by molar-refractivity contribution is 5.68. The summed E-state index contributed by atoms with van der Waals surface area (Å²) < 4.78 is 22.5. The third-order valence-corrected chi connectivity index (χ3v) is 6.94. The number of halogens is 1. The first-order valence-corrected chi connectivity index (χ1v) is 11.5. The van der Waals surface area contributed by atoms with Gasteiger partial charge in [0.25, 0.3) is 0 Å². The summed E-state index contributed by atoms with van der Waals surface area (Å²) in [6.07, 6.45) is 4.18. The number of hydrogen-bond donors (Lipinski definition) is 1. The molecule has 34 heavy (non-hydrogen) atoms. The summed E-state index contributed by atoms with van der Waals surface area (Å²) in [5.41, 5.74) is 9.78. The highest BCUT2D eigenvalue weighted by atomic mass is 19.1. The lowest BCUT2D eigenvalue weighted by Gasteiger charge is -2.48. The van der Waals surface area contributed by atoms with Crippen molar-refractivity contribution in [3.05, 3.63) is 52.9 Å². The molecule has 1 spiro atoms. The van der Waals surface area contributed by atoms with E-state index < -0.39 is 5.60 Å². The van der Waals surface area contributed by atoms with E-state index in [0.29, 0.717) is 59.9 Å². The third kappa shape index (κ3) is 3.88. The van der Waals surface area contributed by atoms with E-state index in [1.807, 2.05) is 0 Å². The lowest BCUT2D eigenvalue weighted by atomic mass is 9.87. The molecule has 8 nitrogen and oxygen atoms in total. The van der Waals surface area contributed by atoms with Crippen LogP contribution < -0.4 is 10.5 Å². The predicted molar refractivity (Wildman–Crippen MR) is 126 cm³/mol. The minimum absolute atomic E-state index is 0.0250. The predicted octanol–water partition coefficient (Wildman–Crippen LogP) is 3.22. The molecule has 2 aromatic heterocycles. The summed E-state index contributed by atoms with van der Waals surface area (Å²) >= 11 is 0. The zero-order chi connectivity index (χ0) is 24.0. The number of fused-ring (bicyclic) bond motifs is 5. The molecular weight excluding hydrogens is 433 g/mol. The summed E-state index contributed by atoms with van der Waals surface area (Å²) in [5.74, 6) is 0.820. The maximum absolute atomic E-state index is 14.2. The number of benzene rings is 1. The van der Waals surface area contributed by atoms with Gasteiger partial charge in [0.05, 0.1) is 28.8 Å². The maximum Gasteiger partial charge on any atom is 0.147 e. The molecule has 3 aromatic rings. The van der Waals surface area contributed by atoms with Crippen LogP contribution in [0.2, 0.25) is 0 Å². The fraction of sp³-hybridized carbons (Fsp3) is 0.440. The van der Waals surface area contributed by atoms with Crippen LogP contribution in [0.5, 0.6) is 5.75 Å². The molecular formula is C25H28FN7O. The van der Waals surface area contributed by atoms with Crippen molar-refractivity contribution in [1.82, 2.24) is 24.6 Å². The third-order valence-electron chi connectivity index (χ3n) is 6.94. The molecule has 0 amide bonds. The highest BCUT2D eigenvalue weighted by Gasteiger charge is 2.44. The Morgan fingerprint density at radius 2 is 2.03 bits per heavy atom. The van der Waals surface area contributed by atoms with Crippen LogP contribution in [0.4, 0.5) is 10.2 Å². The number of anilines is 1. The van der Waals surface area contributed by atoms with E-state index in [2.05, 4.69) is 35.0 Å². The van der Waals surface area contributed by atoms with Gasteiger partial charge in [0.1, 0.15) is 34.7 Å². The molecule has 0 saturated carbocycles. The van der Waals surface area contributed by atoms with Gasteiger partial charge in [-0.2, -0.15) is 10.4 Å². The van der Waals surface area contributed by atoms with E-state index in [1.165, 1.54) is 6.07 Å². The number of nitrogen functional groups attached to an aromatic ring is 1. The van der Waals surface area contributed by atoms with Crippen molar-refractivity contribution in [2.24, 2.45) is 7.05 Å². The highest BCUT2D eigenvalue weighted by Crippen LogP contribution is 2.38. The second-order valence-corrected chi connectivity index (χ2v) is 9.57. The van der Waals surface area contributed by atoms with Crippen LogP contribution in [0.1, 0.15) is 48.3 Å². The Morgan fingerprint density at radius 3 is 2.76 bits per heavy atom. The average molecular weight is 462 g/mol. The van der Waals surface area contributed by atoms with E-state index in [4.69, 9.17) is 15.5 Å². The molecule has 176 valence electrons. The largest absolute Gasteiger partial charge is 0.484 e. The second-order valence-electron chi connectivity index (χ2n) is 9.57. The zero-order valence-electron chi connectivity index (χ0n) is 19.7. The molecule has 1 aromatic carbocycles. The Morgan fingerprint density at radius 1 is 1.24 bits per heavy atom. The number of nitrogens with zero attached hydrogens (tertiary/aromatic N) is 6. The lowest BCUT2D eigenvalue weighted by molar-refractivity contribution is -0.0706. The lowest BCUT2D eigenvalue weighted by Crippen LogP contribution is -2.63. The minimum Gasteiger partial charge on any atom is -0.484 e. The number of likely N-dealkylation sites (N-methyl/N-ethyl adjacent to an activating group) is 1. The minimum atomic E-state index is -0.412. The van der Waals surface area contributed by atoms with Gasteiger partial charge in [-0.05, 0) is 62.4 Å². The van der Waals surface area contributed by atoms with Gasteiger partial charge < -0.3 is 10.5 Å². The van der Waals surface area contributed by atoms with Crippen LogP contribution in [0.3, 0.4) is 0 Å². The van der Waals surface area contributed by atoms with Crippen LogP contribution in [0.15, 0.2) is 24.4 Å². The SMILES string of the molecule is C[C@H]1CCc2nc(cnc2N)-c2c(nn(C)c2C#N)CCC2(CN(C)C2)Oc2ccc(F)cc21. The number of rotatable bonds is 0. The average Bonchev–Trinajstić information content (AvgIpc) is 3.11. The van der Waals surface area contributed by atoms with Crippen LogP contribution in [-0.2, 0) is 19.9 Å². The second kappa shape index (κ2) is 8.37. The van der Waals surface area contributed by atoms with Crippen molar-refractivity contribution < 1.29 is 9.13 Å². The first-order chi connectivity index (χ1) is 16.3. The van der Waals surface area contributed by atoms with E-state index in [9.17, 15) is 9.65 Å². The van der Waals surface area contributed by atoms with E-state index in [-0.39, 0.29) is 11.7 Å². The maximum atomic E-state index is 14.2. The van der Waals surface area contributed by atoms with Crippen molar-refractivity contribution in [3.63, 3.8) is 0 Å². The fourth-order valence-corrected chi connectivity index (χ4v) is 5.19. The van der Waals surface area contributed by atoms with E-state index in [0.717, 1.165) is 24.3 Å². The molecule has 2 aliphatic heterocycles. The molecule has 2 N–H and O–H groups in total. The number of likely N-dealkylation sites (tertiary alicyclic amines) is 1. The Kier molecular flexibility index (Phi) is 5.48. The van der Waals surface area contributed by atoms with Crippen LogP contribution in [0.25, 0.3) is 11.3 Å². The summed E-state index contributed by atoms with van der Waals surface area (Å²) in [7, 11) is 3.82. The summed E-state index contributed by atoms with van der Waals surface area (Å²) in [5, 5.41) is 14.5. The van der Waals surface area contributed by atoms with Gasteiger partial charge in [0.2, 0.25) is 0 Å². The first-order valence-electron chi connectivity index (χ1n) is 11.5. The zero-order valence-corrected chi connectivity index (χ0v) is 19.7. The Balaban J connectivity index is 1.64. The molecule has 4 heterocycles. The molecule has 1 fully saturated rings. The topological polar surface area (TPSA) is 106 Å². The van der Waals surface area contributed by atoms with Crippen LogP contribution >= 0.6 is 0 Å². The Hall–Kier alpha value is -3.51. The molecule has 5 rings (SSSR count). The Labute approximate surface area is 198 Å². The monoisotopic (exact) mass is 461 g/mol. The van der Waals surface area contributed by atoms with Crippen molar-refractivity contribution in [2.45, 2.75) is 44.1 Å². The van der Waals surface area contributed by atoms with E-state index in [1.54, 1.807) is 30.1 Å². The van der Waals surface area contributed by atoms with Crippen molar-refractivity contribution in [1.29, 1.82) is 5.26 Å². The first kappa shape index (κ1) is 22.3. The molecule has 9 heteroatoms. The van der Waals surface area contributed by atoms with Crippen molar-refractivity contribution in [2.75, 3.05) is 25.9 Å². The van der Waals surface area contributed by atoms with Gasteiger partial charge >= 0.3 is 0 Å². The fourth-order valence-electron chi connectivity index (χ4n) is 5.19. The number of nitrogens with two attached hydrogens (primary N) is 1. The molecule has 2 aliphatic rings. The summed E-state index contributed by atoms with van der Waals surface area (Å²) in [6, 6.07) is 7.03. The molecule has 1 saturated heterocycles. The molecule has 0 unspecified atom stereocenters.